The van der Waals surface area contributed by atoms with Crippen LogP contribution in [0.15, 0.2) is 0 Å². The highest BCUT2D eigenvalue weighted by Crippen LogP contribution is 1.99. The largest absolute Gasteiger partial charge is 0.349 e. The third-order valence-corrected chi connectivity index (χ3v) is 1.36. The summed E-state index contributed by atoms with van der Waals surface area (Å²) in [4.78, 5) is 11.2. The fourth-order valence-corrected chi connectivity index (χ4v) is 0.788. The molecule has 0 aromatic carbocycles. The molecule has 0 radical (unpaired) electrons. The summed E-state index contributed by atoms with van der Waals surface area (Å²) in [6.07, 6.45) is 0.217. The number of methoxy groups -OCH3 is 2. The van der Waals surface area contributed by atoms with Gasteiger partial charge in [0.25, 0.3) is 0 Å². The van der Waals surface area contributed by atoms with E-state index in [2.05, 4.69) is 11.8 Å². The van der Waals surface area contributed by atoms with E-state index in [0.717, 1.165) is 0 Å². The van der Waals surface area contributed by atoms with Gasteiger partial charge in [-0.1, -0.05) is 0 Å². The minimum atomic E-state index is -0.733. The molecule has 0 unspecified atom stereocenters. The highest BCUT2D eigenvalue weighted by atomic mass is 16.7. The smallest absolute Gasteiger partial charge is 0.217 e. The van der Waals surface area contributed by atoms with Crippen LogP contribution in [0.5, 0.6) is 0 Å². The third kappa shape index (κ3) is 4.12. The van der Waals surface area contributed by atoms with E-state index >= 15 is 0 Å². The van der Waals surface area contributed by atoms with Crippen molar-refractivity contribution in [3.05, 3.63) is 0 Å². The molecule has 68 valence electrons. The first-order valence-corrected chi connectivity index (χ1v) is 3.74. The summed E-state index contributed by atoms with van der Waals surface area (Å²) in [5.41, 5.74) is 0. The van der Waals surface area contributed by atoms with E-state index in [9.17, 15) is 4.79 Å². The Morgan fingerprint density at radius 2 is 2.00 bits per heavy atom. The van der Waals surface area contributed by atoms with Gasteiger partial charge in [-0.25, -0.2) is 0 Å². The van der Waals surface area contributed by atoms with E-state index in [1.54, 1.807) is 6.92 Å². The lowest BCUT2D eigenvalue weighted by atomic mass is 10.2. The average molecular weight is 170 g/mol. The molecule has 0 bridgehead atoms. The maximum atomic E-state index is 11.2. The first-order chi connectivity index (χ1) is 5.76. The molecule has 0 heterocycles. The number of Topliss-reactive ketones (excluding diaryl/α,β-unsaturated/α-hetero) is 1. The number of ketones is 1. The van der Waals surface area contributed by atoms with Gasteiger partial charge < -0.3 is 9.47 Å². The molecule has 0 saturated carbocycles. The van der Waals surface area contributed by atoms with Crippen molar-refractivity contribution in [2.75, 3.05) is 14.2 Å². The van der Waals surface area contributed by atoms with Gasteiger partial charge in [-0.15, -0.1) is 11.8 Å². The number of carbonyl (C=O) groups excluding carboxylic acids is 1. The maximum absolute atomic E-state index is 11.2. The maximum Gasteiger partial charge on any atom is 0.217 e. The summed E-state index contributed by atoms with van der Waals surface area (Å²) in [5, 5.41) is 0. The van der Waals surface area contributed by atoms with Crippen molar-refractivity contribution in [2.45, 2.75) is 26.1 Å². The van der Waals surface area contributed by atoms with Crippen LogP contribution in [0, 0.1) is 11.8 Å². The molecule has 0 atom stereocenters. The summed E-state index contributed by atoms with van der Waals surface area (Å²) >= 11 is 0. The molecular formula is C9H14O3. The molecule has 0 aromatic rings. The second-order valence-electron chi connectivity index (χ2n) is 2.20. The molecule has 3 nitrogen and oxygen atoms in total. The van der Waals surface area contributed by atoms with Crippen molar-refractivity contribution in [3.8, 4) is 11.8 Å². The first kappa shape index (κ1) is 11.2. The predicted molar refractivity (Wildman–Crippen MR) is 45.5 cm³/mol. The van der Waals surface area contributed by atoms with Gasteiger partial charge in [-0.2, -0.15) is 0 Å². The Labute approximate surface area is 73.0 Å². The minimum Gasteiger partial charge on any atom is -0.349 e. The summed E-state index contributed by atoms with van der Waals surface area (Å²) in [6.45, 7) is 1.74. The van der Waals surface area contributed by atoms with Crippen LogP contribution in [0.25, 0.3) is 0 Å². The van der Waals surface area contributed by atoms with Gasteiger partial charge in [-0.3, -0.25) is 4.79 Å². The second-order valence-corrected chi connectivity index (χ2v) is 2.20. The van der Waals surface area contributed by atoms with Gasteiger partial charge in [0.2, 0.25) is 6.29 Å². The topological polar surface area (TPSA) is 35.5 Å². The SMILES string of the molecule is CC#CCCC(=O)C(OC)OC. The van der Waals surface area contributed by atoms with E-state index in [1.165, 1.54) is 14.2 Å². The van der Waals surface area contributed by atoms with E-state index in [-0.39, 0.29) is 5.78 Å². The second kappa shape index (κ2) is 6.84. The van der Waals surface area contributed by atoms with Gasteiger partial charge in [0.15, 0.2) is 5.78 Å². The normalized spacial score (nSPS) is 9.33. The number of rotatable bonds is 5. The van der Waals surface area contributed by atoms with Crippen molar-refractivity contribution in [1.82, 2.24) is 0 Å². The fourth-order valence-electron chi connectivity index (χ4n) is 0.788. The summed E-state index contributed by atoms with van der Waals surface area (Å²) < 4.78 is 9.54. The molecule has 0 fully saturated rings. The average Bonchev–Trinajstić information content (AvgIpc) is 2.07. The van der Waals surface area contributed by atoms with Gasteiger partial charge >= 0.3 is 0 Å². The van der Waals surface area contributed by atoms with E-state index in [1.807, 2.05) is 0 Å². The van der Waals surface area contributed by atoms with Crippen LogP contribution in [0.3, 0.4) is 0 Å². The van der Waals surface area contributed by atoms with Crippen LogP contribution >= 0.6 is 0 Å². The number of hydrogen-bond acceptors (Lipinski definition) is 3. The van der Waals surface area contributed by atoms with Crippen molar-refractivity contribution < 1.29 is 14.3 Å². The molecule has 0 aromatic heterocycles. The van der Waals surface area contributed by atoms with Gasteiger partial charge in [-0.05, 0) is 6.92 Å². The van der Waals surface area contributed by atoms with Gasteiger partial charge in [0.1, 0.15) is 0 Å². The number of carbonyl (C=O) groups is 1. The number of hydrogen-bond donors (Lipinski definition) is 0. The molecule has 0 rings (SSSR count). The zero-order valence-electron chi connectivity index (χ0n) is 7.72. The molecule has 0 aliphatic carbocycles. The quantitative estimate of drug-likeness (QED) is 0.455. The molecule has 0 spiro atoms. The summed E-state index contributed by atoms with van der Waals surface area (Å²) in [5.74, 6) is 5.45. The molecule has 0 N–H and O–H groups in total. The van der Waals surface area contributed by atoms with Crippen LogP contribution in [0.1, 0.15) is 19.8 Å². The lowest BCUT2D eigenvalue weighted by molar-refractivity contribution is -0.156. The van der Waals surface area contributed by atoms with Crippen LogP contribution in [-0.2, 0) is 14.3 Å². The molecule has 0 aliphatic heterocycles. The van der Waals surface area contributed by atoms with Crippen molar-refractivity contribution in [3.63, 3.8) is 0 Å². The highest BCUT2D eigenvalue weighted by Gasteiger charge is 2.14. The molecule has 3 heteroatoms. The Morgan fingerprint density at radius 1 is 1.42 bits per heavy atom. The molecule has 0 amide bonds. The Balaban J connectivity index is 3.74. The fraction of sp³-hybridized carbons (Fsp3) is 0.667. The standard InChI is InChI=1S/C9H14O3/c1-4-5-6-7-8(10)9(11-2)12-3/h9H,6-7H2,1-3H3. The third-order valence-electron chi connectivity index (χ3n) is 1.36. The number of ether oxygens (including phenoxy) is 2. The Morgan fingerprint density at radius 3 is 2.42 bits per heavy atom. The Bertz CT molecular complexity index is 184. The zero-order valence-corrected chi connectivity index (χ0v) is 7.72. The van der Waals surface area contributed by atoms with E-state index in [0.29, 0.717) is 12.8 Å². The van der Waals surface area contributed by atoms with E-state index in [4.69, 9.17) is 9.47 Å². The minimum absolute atomic E-state index is 0.0669. The Hall–Kier alpha value is -0.850. The van der Waals surface area contributed by atoms with E-state index < -0.39 is 6.29 Å². The summed E-state index contributed by atoms with van der Waals surface area (Å²) in [7, 11) is 2.88. The lowest BCUT2D eigenvalue weighted by Crippen LogP contribution is -2.24. The van der Waals surface area contributed by atoms with Crippen molar-refractivity contribution >= 4 is 5.78 Å². The lowest BCUT2D eigenvalue weighted by Gasteiger charge is -2.10. The molecule has 12 heavy (non-hydrogen) atoms. The van der Waals surface area contributed by atoms with Crippen molar-refractivity contribution in [1.29, 1.82) is 0 Å². The van der Waals surface area contributed by atoms with Crippen LogP contribution < -0.4 is 0 Å². The predicted octanol–water partition coefficient (Wildman–Crippen LogP) is 0.978. The van der Waals surface area contributed by atoms with Crippen LogP contribution in [0.4, 0.5) is 0 Å². The van der Waals surface area contributed by atoms with Gasteiger partial charge in [0, 0.05) is 27.1 Å². The molecule has 0 saturated heterocycles. The van der Waals surface area contributed by atoms with Crippen LogP contribution in [-0.4, -0.2) is 26.3 Å². The van der Waals surface area contributed by atoms with Crippen LogP contribution in [0.2, 0.25) is 0 Å². The molecular weight excluding hydrogens is 156 g/mol. The monoisotopic (exact) mass is 170 g/mol. The Kier molecular flexibility index (Phi) is 6.35. The first-order valence-electron chi connectivity index (χ1n) is 3.74. The zero-order chi connectivity index (χ0) is 9.40. The van der Waals surface area contributed by atoms with Crippen molar-refractivity contribution in [2.24, 2.45) is 0 Å². The van der Waals surface area contributed by atoms with Gasteiger partial charge in [0.05, 0.1) is 0 Å². The summed E-state index contributed by atoms with van der Waals surface area (Å²) in [6, 6.07) is 0. The highest BCUT2D eigenvalue weighted by molar-refractivity contribution is 5.81. The molecule has 0 aliphatic rings.